The van der Waals surface area contributed by atoms with Crippen molar-refractivity contribution in [3.63, 3.8) is 0 Å². The van der Waals surface area contributed by atoms with Crippen molar-refractivity contribution >= 4 is 40.2 Å². The number of rotatable bonds is 5. The Morgan fingerprint density at radius 3 is 2.57 bits per heavy atom. The summed E-state index contributed by atoms with van der Waals surface area (Å²) in [5, 5.41) is 1.39. The van der Waals surface area contributed by atoms with Gasteiger partial charge in [-0.05, 0) is 67.3 Å². The number of nitrogens with zero attached hydrogens (tertiary/aromatic N) is 3. The van der Waals surface area contributed by atoms with Crippen molar-refractivity contribution in [3.8, 4) is 5.69 Å². The summed E-state index contributed by atoms with van der Waals surface area (Å²) in [6, 6.07) is 18.3. The minimum atomic E-state index is -0.445. The second-order valence-corrected chi connectivity index (χ2v) is 9.83. The number of fused-ring (bicyclic) bond motifs is 1. The van der Waals surface area contributed by atoms with Crippen LogP contribution in [0.4, 0.5) is 4.39 Å². The van der Waals surface area contributed by atoms with E-state index in [4.69, 9.17) is 16.6 Å². The molecule has 1 aromatic heterocycles. The molecule has 0 aliphatic carbocycles. The Balaban J connectivity index is 1.60. The molecule has 1 fully saturated rings. The molecule has 2 heterocycles. The minimum Gasteiger partial charge on any atom is -0.339 e. The highest BCUT2D eigenvalue weighted by Gasteiger charge is 2.20. The lowest BCUT2D eigenvalue weighted by Gasteiger charge is -2.26. The van der Waals surface area contributed by atoms with Crippen LogP contribution in [0.3, 0.4) is 0 Å². The fourth-order valence-electron chi connectivity index (χ4n) is 4.28. The maximum atomic E-state index is 14.1. The number of carbonyl (C=O) groups is 1. The molecule has 0 unspecified atom stereocenters. The van der Waals surface area contributed by atoms with Gasteiger partial charge in [0.25, 0.3) is 11.5 Å². The summed E-state index contributed by atoms with van der Waals surface area (Å²) in [5.41, 5.74) is 1.91. The monoisotopic (exact) mass is 507 g/mol. The Morgan fingerprint density at radius 2 is 1.80 bits per heavy atom. The predicted octanol–water partition coefficient (Wildman–Crippen LogP) is 6.10. The standard InChI is InChI=1S/C27H23ClFN3O2S/c28-23-10-3-2-7-19(23)17-35-27-30-24-15-18(25(33)31-13-4-1-5-14-31)11-12-22(24)26(34)32(27)21-9-6-8-20(29)16-21/h2-3,6-12,15-16H,1,4-5,13-14,17H2. The van der Waals surface area contributed by atoms with Gasteiger partial charge in [0.15, 0.2) is 5.16 Å². The number of hydrogen-bond donors (Lipinski definition) is 0. The fraction of sp³-hybridized carbons (Fsp3) is 0.222. The molecule has 4 aromatic rings. The van der Waals surface area contributed by atoms with E-state index >= 15 is 0 Å². The largest absolute Gasteiger partial charge is 0.339 e. The first-order valence-corrected chi connectivity index (χ1v) is 12.9. The van der Waals surface area contributed by atoms with Crippen LogP contribution in [0.15, 0.2) is 76.7 Å². The Labute approximate surface area is 211 Å². The Hall–Kier alpha value is -3.16. The lowest BCUT2D eigenvalue weighted by molar-refractivity contribution is 0.0724. The highest BCUT2D eigenvalue weighted by molar-refractivity contribution is 7.98. The third-order valence-corrected chi connectivity index (χ3v) is 7.47. The average Bonchev–Trinajstić information content (AvgIpc) is 2.88. The van der Waals surface area contributed by atoms with E-state index < -0.39 is 5.82 Å². The molecule has 0 atom stereocenters. The predicted molar refractivity (Wildman–Crippen MR) is 138 cm³/mol. The molecule has 1 aliphatic heterocycles. The van der Waals surface area contributed by atoms with E-state index in [9.17, 15) is 14.0 Å². The van der Waals surface area contributed by atoms with Crippen molar-refractivity contribution in [2.24, 2.45) is 0 Å². The van der Waals surface area contributed by atoms with Gasteiger partial charge in [0.2, 0.25) is 0 Å². The molecule has 0 N–H and O–H groups in total. The highest BCUT2D eigenvalue weighted by Crippen LogP contribution is 2.28. The molecule has 5 nitrogen and oxygen atoms in total. The van der Waals surface area contributed by atoms with Crippen LogP contribution >= 0.6 is 23.4 Å². The lowest BCUT2D eigenvalue weighted by Crippen LogP contribution is -2.35. The van der Waals surface area contributed by atoms with Crippen LogP contribution in [-0.4, -0.2) is 33.4 Å². The molecule has 1 aliphatic rings. The van der Waals surface area contributed by atoms with Crippen molar-refractivity contribution in [3.05, 3.63) is 99.1 Å². The molecule has 0 saturated carbocycles. The number of likely N-dealkylation sites (tertiary alicyclic amines) is 1. The molecular weight excluding hydrogens is 485 g/mol. The fourth-order valence-corrected chi connectivity index (χ4v) is 5.57. The van der Waals surface area contributed by atoms with Gasteiger partial charge in [0.05, 0.1) is 16.6 Å². The zero-order valence-corrected chi connectivity index (χ0v) is 20.5. The first-order chi connectivity index (χ1) is 17.0. The average molecular weight is 508 g/mol. The van der Waals surface area contributed by atoms with Crippen LogP contribution in [0, 0.1) is 5.82 Å². The summed E-state index contributed by atoms with van der Waals surface area (Å²) < 4.78 is 15.5. The molecule has 8 heteroatoms. The van der Waals surface area contributed by atoms with E-state index in [1.807, 2.05) is 29.2 Å². The summed E-state index contributed by atoms with van der Waals surface area (Å²) in [6.45, 7) is 1.48. The summed E-state index contributed by atoms with van der Waals surface area (Å²) in [7, 11) is 0. The summed E-state index contributed by atoms with van der Waals surface area (Å²) >= 11 is 7.67. The molecule has 1 amide bonds. The minimum absolute atomic E-state index is 0.0482. The van der Waals surface area contributed by atoms with E-state index in [1.54, 1.807) is 30.3 Å². The number of benzene rings is 3. The van der Waals surface area contributed by atoms with Crippen molar-refractivity contribution in [1.82, 2.24) is 14.5 Å². The first kappa shape index (κ1) is 23.6. The van der Waals surface area contributed by atoms with E-state index in [-0.39, 0.29) is 11.5 Å². The quantitative estimate of drug-likeness (QED) is 0.242. The van der Waals surface area contributed by atoms with Gasteiger partial charge >= 0.3 is 0 Å². The number of hydrogen-bond acceptors (Lipinski definition) is 4. The number of amides is 1. The molecule has 35 heavy (non-hydrogen) atoms. The molecule has 3 aromatic carbocycles. The normalized spacial score (nSPS) is 13.8. The first-order valence-electron chi connectivity index (χ1n) is 11.5. The third-order valence-electron chi connectivity index (χ3n) is 6.11. The van der Waals surface area contributed by atoms with Crippen molar-refractivity contribution < 1.29 is 9.18 Å². The smallest absolute Gasteiger partial charge is 0.266 e. The van der Waals surface area contributed by atoms with Crippen LogP contribution in [0.2, 0.25) is 5.02 Å². The summed E-state index contributed by atoms with van der Waals surface area (Å²) in [6.07, 6.45) is 3.13. The molecule has 178 valence electrons. The lowest BCUT2D eigenvalue weighted by atomic mass is 10.1. The van der Waals surface area contributed by atoms with Crippen molar-refractivity contribution in [2.75, 3.05) is 13.1 Å². The van der Waals surface area contributed by atoms with E-state index in [0.717, 1.165) is 37.9 Å². The molecule has 5 rings (SSSR count). The van der Waals surface area contributed by atoms with Gasteiger partial charge in [-0.15, -0.1) is 0 Å². The Kier molecular flexibility index (Phi) is 6.88. The molecule has 1 saturated heterocycles. The highest BCUT2D eigenvalue weighted by atomic mass is 35.5. The van der Waals surface area contributed by atoms with Gasteiger partial charge in [-0.25, -0.2) is 9.37 Å². The van der Waals surface area contributed by atoms with Crippen LogP contribution in [0.1, 0.15) is 35.2 Å². The van der Waals surface area contributed by atoms with Gasteiger partial charge in [-0.1, -0.05) is 47.6 Å². The Bertz CT molecular complexity index is 1470. The second kappa shape index (κ2) is 10.2. The molecular formula is C27H23ClFN3O2S. The van der Waals surface area contributed by atoms with Crippen LogP contribution < -0.4 is 5.56 Å². The molecule has 0 radical (unpaired) electrons. The third kappa shape index (κ3) is 4.97. The maximum Gasteiger partial charge on any atom is 0.266 e. The van der Waals surface area contributed by atoms with Gasteiger partial charge in [0, 0.05) is 29.4 Å². The van der Waals surface area contributed by atoms with Crippen LogP contribution in [0.25, 0.3) is 16.6 Å². The number of thioether (sulfide) groups is 1. The number of halogens is 2. The SMILES string of the molecule is O=C(c1ccc2c(=O)n(-c3cccc(F)c3)c(SCc3ccccc3Cl)nc2c1)N1CCCCC1. The van der Waals surface area contributed by atoms with Gasteiger partial charge < -0.3 is 4.90 Å². The van der Waals surface area contributed by atoms with Gasteiger partial charge in [-0.3, -0.25) is 14.2 Å². The number of piperidine rings is 1. The zero-order chi connectivity index (χ0) is 24.4. The van der Waals surface area contributed by atoms with E-state index in [2.05, 4.69) is 0 Å². The number of carbonyl (C=O) groups excluding carboxylic acids is 1. The molecule has 0 spiro atoms. The van der Waals surface area contributed by atoms with Crippen molar-refractivity contribution in [1.29, 1.82) is 0 Å². The van der Waals surface area contributed by atoms with Crippen LogP contribution in [0.5, 0.6) is 0 Å². The molecule has 0 bridgehead atoms. The zero-order valence-electron chi connectivity index (χ0n) is 18.9. The maximum absolute atomic E-state index is 14.1. The summed E-state index contributed by atoms with van der Waals surface area (Å²) in [5.74, 6) is -0.0220. The summed E-state index contributed by atoms with van der Waals surface area (Å²) in [4.78, 5) is 33.2. The Morgan fingerprint density at radius 1 is 1.00 bits per heavy atom. The van der Waals surface area contributed by atoms with Gasteiger partial charge in [0.1, 0.15) is 5.82 Å². The second-order valence-electron chi connectivity index (χ2n) is 8.48. The van der Waals surface area contributed by atoms with Gasteiger partial charge in [-0.2, -0.15) is 0 Å². The number of aromatic nitrogens is 2. The van der Waals surface area contributed by atoms with E-state index in [0.29, 0.717) is 38.1 Å². The van der Waals surface area contributed by atoms with Crippen LogP contribution in [-0.2, 0) is 5.75 Å². The van der Waals surface area contributed by atoms with E-state index in [1.165, 1.54) is 28.5 Å². The topological polar surface area (TPSA) is 55.2 Å². The van der Waals surface area contributed by atoms with Crippen molar-refractivity contribution in [2.45, 2.75) is 30.2 Å².